The lowest BCUT2D eigenvalue weighted by molar-refractivity contribution is 1.19. The van der Waals surface area contributed by atoms with Crippen LogP contribution in [0, 0.1) is 27.7 Å². The molecule has 0 saturated heterocycles. The van der Waals surface area contributed by atoms with Gasteiger partial charge < -0.3 is 0 Å². The lowest BCUT2D eigenvalue weighted by Crippen LogP contribution is -2.01. The molecular weight excluding hydrogens is 536 g/mol. The predicted octanol–water partition coefficient (Wildman–Crippen LogP) is 10.1. The van der Waals surface area contributed by atoms with Crippen molar-refractivity contribution in [2.45, 2.75) is 27.7 Å². The number of pyridine rings is 4. The highest BCUT2D eigenvalue weighted by Crippen LogP contribution is 2.52. The van der Waals surface area contributed by atoms with Crippen molar-refractivity contribution >= 4 is 32.3 Å². The number of aromatic nitrogens is 4. The number of nitrogens with zero attached hydrogens (tertiary/aromatic N) is 4. The molecule has 0 unspecified atom stereocenters. The fourth-order valence-electron chi connectivity index (χ4n) is 6.81. The first-order chi connectivity index (χ1) is 21.5. The molecule has 0 atom stereocenters. The summed E-state index contributed by atoms with van der Waals surface area (Å²) in [5, 5.41) is 7.03. The minimum absolute atomic E-state index is 0.943. The van der Waals surface area contributed by atoms with E-state index in [0.717, 1.165) is 89.4 Å². The van der Waals surface area contributed by atoms with Gasteiger partial charge in [-0.2, -0.15) is 0 Å². The molecule has 8 aromatic rings. The topological polar surface area (TPSA) is 51.6 Å². The normalized spacial score (nSPS) is 11.6. The first-order valence-corrected chi connectivity index (χ1v) is 15.0. The Balaban J connectivity index is 1.67. The van der Waals surface area contributed by atoms with Crippen LogP contribution < -0.4 is 0 Å². The summed E-state index contributed by atoms with van der Waals surface area (Å²) in [5.74, 6) is 0. The molecule has 0 aliphatic carbocycles. The average molecular weight is 567 g/mol. The van der Waals surface area contributed by atoms with Gasteiger partial charge in [-0.15, -0.1) is 0 Å². The molecular formula is C40H30N4. The maximum Gasteiger partial charge on any atom is 0.0718 e. The van der Waals surface area contributed by atoms with Gasteiger partial charge in [-0.3, -0.25) is 19.9 Å². The molecule has 0 bridgehead atoms. The zero-order valence-corrected chi connectivity index (χ0v) is 25.2. The molecule has 0 aliphatic heterocycles. The maximum atomic E-state index is 5.08. The summed E-state index contributed by atoms with van der Waals surface area (Å²) >= 11 is 0. The molecule has 4 heterocycles. The second-order valence-corrected chi connectivity index (χ2v) is 11.6. The Morgan fingerprint density at radius 3 is 0.750 bits per heavy atom. The second kappa shape index (κ2) is 10.1. The van der Waals surface area contributed by atoms with E-state index in [1.807, 2.05) is 0 Å². The van der Waals surface area contributed by atoms with E-state index >= 15 is 0 Å². The summed E-state index contributed by atoms with van der Waals surface area (Å²) in [7, 11) is 0. The van der Waals surface area contributed by atoms with E-state index in [9.17, 15) is 0 Å². The van der Waals surface area contributed by atoms with E-state index in [4.69, 9.17) is 19.9 Å². The van der Waals surface area contributed by atoms with Gasteiger partial charge in [0.15, 0.2) is 0 Å². The summed E-state index contributed by atoms with van der Waals surface area (Å²) in [6.45, 7) is 8.20. The summed E-state index contributed by atoms with van der Waals surface area (Å²) in [4.78, 5) is 20.3. The second-order valence-electron chi connectivity index (χ2n) is 11.6. The summed E-state index contributed by atoms with van der Waals surface area (Å²) in [6.07, 6.45) is 0. The van der Waals surface area contributed by atoms with Crippen LogP contribution in [-0.4, -0.2) is 19.9 Å². The van der Waals surface area contributed by atoms with Gasteiger partial charge in [-0.25, -0.2) is 0 Å². The van der Waals surface area contributed by atoms with Crippen LogP contribution in [0.4, 0.5) is 0 Å². The molecule has 8 rings (SSSR count). The molecule has 0 aliphatic rings. The van der Waals surface area contributed by atoms with Crippen LogP contribution in [0.5, 0.6) is 0 Å². The quantitative estimate of drug-likeness (QED) is 0.199. The minimum Gasteiger partial charge on any atom is -0.253 e. The largest absolute Gasteiger partial charge is 0.253 e. The van der Waals surface area contributed by atoms with Gasteiger partial charge in [0.2, 0.25) is 0 Å². The Bertz CT molecular complexity index is 2060. The number of aryl methyl sites for hydroxylation is 4. The van der Waals surface area contributed by atoms with Crippen molar-refractivity contribution in [2.75, 3.05) is 0 Å². The van der Waals surface area contributed by atoms with Crippen LogP contribution >= 0.6 is 0 Å². The number of rotatable bonds is 4. The Hall–Kier alpha value is -5.48. The van der Waals surface area contributed by atoms with Crippen molar-refractivity contribution in [3.05, 3.63) is 132 Å². The Kier molecular flexibility index (Phi) is 5.98. The third-order valence-electron chi connectivity index (χ3n) is 8.53. The first-order valence-electron chi connectivity index (χ1n) is 15.0. The highest BCUT2D eigenvalue weighted by atomic mass is 14.7. The van der Waals surface area contributed by atoms with Crippen LogP contribution in [0.15, 0.2) is 109 Å². The van der Waals surface area contributed by atoms with Crippen LogP contribution in [0.1, 0.15) is 22.8 Å². The van der Waals surface area contributed by atoms with E-state index in [0.29, 0.717) is 0 Å². The highest BCUT2D eigenvalue weighted by molar-refractivity contribution is 6.35. The van der Waals surface area contributed by atoms with Gasteiger partial charge in [-0.05, 0) is 109 Å². The van der Waals surface area contributed by atoms with E-state index in [1.165, 1.54) is 10.8 Å². The van der Waals surface area contributed by atoms with Crippen molar-refractivity contribution < 1.29 is 0 Å². The van der Waals surface area contributed by atoms with Crippen LogP contribution in [-0.2, 0) is 0 Å². The van der Waals surface area contributed by atoms with Gasteiger partial charge in [-0.1, -0.05) is 60.7 Å². The molecule has 0 fully saturated rings. The predicted molar refractivity (Wildman–Crippen MR) is 182 cm³/mol. The zero-order valence-electron chi connectivity index (χ0n) is 25.2. The van der Waals surface area contributed by atoms with Crippen molar-refractivity contribution in [3.63, 3.8) is 0 Å². The molecule has 4 nitrogen and oxygen atoms in total. The summed E-state index contributed by atoms with van der Waals surface area (Å²) in [6, 6.07) is 38.4. The molecule has 4 heteroatoms. The number of hydrogen-bond donors (Lipinski definition) is 0. The van der Waals surface area contributed by atoms with Crippen molar-refractivity contribution in [2.24, 2.45) is 0 Å². The average Bonchev–Trinajstić information content (AvgIpc) is 3.02. The summed E-state index contributed by atoms with van der Waals surface area (Å²) in [5.41, 5.74) is 12.1. The fourth-order valence-corrected chi connectivity index (χ4v) is 6.81. The van der Waals surface area contributed by atoms with Crippen molar-refractivity contribution in [3.8, 4) is 45.0 Å². The molecule has 44 heavy (non-hydrogen) atoms. The monoisotopic (exact) mass is 566 g/mol. The van der Waals surface area contributed by atoms with E-state index in [-0.39, 0.29) is 0 Å². The molecule has 4 aromatic carbocycles. The van der Waals surface area contributed by atoms with E-state index in [2.05, 4.69) is 137 Å². The molecule has 0 saturated carbocycles. The van der Waals surface area contributed by atoms with Gasteiger partial charge >= 0.3 is 0 Å². The third kappa shape index (κ3) is 4.06. The Labute approximate surface area is 256 Å². The zero-order chi connectivity index (χ0) is 29.9. The standard InChI is InChI=1S/C40H30N4/c1-23-11-5-19-31(41-23)37-27-15-9-17-29-35(27)36-28(38(37)32-20-6-12-24(2)42-32)16-10-18-30(36)40(34-22-8-14-26(4)44-34)39(29)33-21-7-13-25(3)43-33/h5-22H,1-4H3. The van der Waals surface area contributed by atoms with E-state index < -0.39 is 0 Å². The van der Waals surface area contributed by atoms with Crippen molar-refractivity contribution in [1.29, 1.82) is 0 Å². The lowest BCUT2D eigenvalue weighted by atomic mass is 9.80. The Morgan fingerprint density at radius 2 is 0.523 bits per heavy atom. The Morgan fingerprint density at radius 1 is 0.295 bits per heavy atom. The summed E-state index contributed by atoms with van der Waals surface area (Å²) < 4.78 is 0. The minimum atomic E-state index is 0.943. The maximum absolute atomic E-state index is 5.08. The molecule has 0 radical (unpaired) electrons. The molecule has 0 N–H and O–H groups in total. The third-order valence-corrected chi connectivity index (χ3v) is 8.53. The molecule has 4 aromatic heterocycles. The SMILES string of the molecule is Cc1cccc(-c2c(-c3cccc(C)n3)c3cccc4c(-c5cccc(C)n5)c(-c5cccc(C)n5)c5cccc2c5c34)n1. The van der Waals surface area contributed by atoms with Crippen molar-refractivity contribution in [1.82, 2.24) is 19.9 Å². The number of hydrogen-bond acceptors (Lipinski definition) is 4. The van der Waals surface area contributed by atoms with Gasteiger partial charge in [0.25, 0.3) is 0 Å². The van der Waals surface area contributed by atoms with Gasteiger partial charge in [0.1, 0.15) is 0 Å². The van der Waals surface area contributed by atoms with Gasteiger partial charge in [0.05, 0.1) is 22.8 Å². The highest BCUT2D eigenvalue weighted by Gasteiger charge is 2.26. The number of benzene rings is 4. The van der Waals surface area contributed by atoms with Gasteiger partial charge in [0, 0.05) is 45.0 Å². The molecule has 0 spiro atoms. The smallest absolute Gasteiger partial charge is 0.0718 e. The van der Waals surface area contributed by atoms with E-state index in [1.54, 1.807) is 0 Å². The molecule has 0 amide bonds. The van der Waals surface area contributed by atoms with Crippen LogP contribution in [0.2, 0.25) is 0 Å². The van der Waals surface area contributed by atoms with Crippen LogP contribution in [0.3, 0.4) is 0 Å². The first kappa shape index (κ1) is 26.2. The fraction of sp³-hybridized carbons (Fsp3) is 0.100. The lowest BCUT2D eigenvalue weighted by Gasteiger charge is -2.24. The van der Waals surface area contributed by atoms with Crippen LogP contribution in [0.25, 0.3) is 77.3 Å². The molecule has 210 valence electrons.